The van der Waals surface area contributed by atoms with Crippen molar-refractivity contribution < 1.29 is 4.42 Å². The molecule has 4 nitrogen and oxygen atoms in total. The van der Waals surface area contributed by atoms with E-state index in [0.717, 1.165) is 23.3 Å². The zero-order valence-electron chi connectivity index (χ0n) is 10.7. The average molecular weight is 245 g/mol. The summed E-state index contributed by atoms with van der Waals surface area (Å²) in [6.07, 6.45) is 6.11. The molecule has 1 N–H and O–H groups in total. The molecule has 3 heterocycles. The number of furan rings is 1. The van der Waals surface area contributed by atoms with Gasteiger partial charge in [0.25, 0.3) is 0 Å². The minimum Gasteiger partial charge on any atom is -0.464 e. The minimum atomic E-state index is 0.715. The number of fused-ring (bicyclic) bond motifs is 1. The fourth-order valence-corrected chi connectivity index (χ4v) is 2.72. The van der Waals surface area contributed by atoms with Crippen LogP contribution in [0.3, 0.4) is 0 Å². The third kappa shape index (κ3) is 2.34. The summed E-state index contributed by atoms with van der Waals surface area (Å²) in [4.78, 5) is 6.80. The van der Waals surface area contributed by atoms with E-state index in [1.165, 1.54) is 25.9 Å². The quantitative estimate of drug-likeness (QED) is 0.902. The Morgan fingerprint density at radius 2 is 2.44 bits per heavy atom. The summed E-state index contributed by atoms with van der Waals surface area (Å²) in [6, 6.07) is 3.87. The van der Waals surface area contributed by atoms with Crippen LogP contribution in [-0.2, 0) is 0 Å². The molecule has 3 rings (SSSR count). The molecule has 4 heteroatoms. The van der Waals surface area contributed by atoms with Gasteiger partial charge in [-0.3, -0.25) is 0 Å². The Labute approximate surface area is 107 Å². The Balaban J connectivity index is 1.67. The van der Waals surface area contributed by atoms with Crippen LogP contribution in [0.15, 0.2) is 29.0 Å². The molecule has 1 fully saturated rings. The molecule has 1 aliphatic rings. The zero-order valence-corrected chi connectivity index (χ0v) is 10.7. The topological polar surface area (TPSA) is 41.3 Å². The van der Waals surface area contributed by atoms with Crippen molar-refractivity contribution in [3.63, 3.8) is 0 Å². The molecular weight excluding hydrogens is 226 g/mol. The van der Waals surface area contributed by atoms with Gasteiger partial charge in [0.2, 0.25) is 0 Å². The maximum absolute atomic E-state index is 5.38. The molecule has 1 saturated heterocycles. The highest BCUT2D eigenvalue weighted by molar-refractivity contribution is 5.87. The first-order valence-corrected chi connectivity index (χ1v) is 6.57. The lowest BCUT2D eigenvalue weighted by Crippen LogP contribution is -2.35. The molecule has 0 bridgehead atoms. The van der Waals surface area contributed by atoms with E-state index in [4.69, 9.17) is 4.42 Å². The van der Waals surface area contributed by atoms with Gasteiger partial charge >= 0.3 is 0 Å². The van der Waals surface area contributed by atoms with Gasteiger partial charge in [-0.1, -0.05) is 0 Å². The third-order valence-corrected chi connectivity index (χ3v) is 3.66. The Morgan fingerprint density at radius 1 is 1.50 bits per heavy atom. The molecule has 2 aromatic heterocycles. The number of piperidine rings is 1. The smallest absolute Gasteiger partial charge is 0.139 e. The molecule has 0 aliphatic carbocycles. The number of hydrogen-bond acceptors (Lipinski definition) is 4. The van der Waals surface area contributed by atoms with Gasteiger partial charge in [-0.15, -0.1) is 0 Å². The fraction of sp³-hybridized carbons (Fsp3) is 0.500. The molecule has 0 radical (unpaired) electrons. The van der Waals surface area contributed by atoms with E-state index in [-0.39, 0.29) is 0 Å². The van der Waals surface area contributed by atoms with Gasteiger partial charge in [-0.05, 0) is 44.5 Å². The van der Waals surface area contributed by atoms with E-state index >= 15 is 0 Å². The molecule has 0 amide bonds. The Morgan fingerprint density at radius 3 is 3.33 bits per heavy atom. The molecular formula is C14H19N3O. The van der Waals surface area contributed by atoms with Crippen molar-refractivity contribution in [2.45, 2.75) is 12.8 Å². The van der Waals surface area contributed by atoms with Crippen molar-refractivity contribution in [1.82, 2.24) is 9.88 Å². The summed E-state index contributed by atoms with van der Waals surface area (Å²) in [5, 5.41) is 4.54. The van der Waals surface area contributed by atoms with Crippen LogP contribution in [-0.4, -0.2) is 36.6 Å². The molecule has 0 spiro atoms. The van der Waals surface area contributed by atoms with Crippen molar-refractivity contribution in [3.8, 4) is 0 Å². The first kappa shape index (κ1) is 11.5. The number of nitrogens with one attached hydrogen (secondary N) is 1. The highest BCUT2D eigenvalue weighted by atomic mass is 16.3. The van der Waals surface area contributed by atoms with Crippen LogP contribution in [0.25, 0.3) is 11.0 Å². The number of likely N-dealkylation sites (tertiary alicyclic amines) is 1. The minimum absolute atomic E-state index is 0.715. The number of nitrogens with zero attached hydrogens (tertiary/aromatic N) is 2. The largest absolute Gasteiger partial charge is 0.464 e. The normalized spacial score (nSPS) is 21.3. The number of rotatable bonds is 3. The molecule has 18 heavy (non-hydrogen) atoms. The summed E-state index contributed by atoms with van der Waals surface area (Å²) in [7, 11) is 2.20. The van der Waals surface area contributed by atoms with Crippen molar-refractivity contribution in [2.24, 2.45) is 5.92 Å². The third-order valence-electron chi connectivity index (χ3n) is 3.66. The van der Waals surface area contributed by atoms with Gasteiger partial charge in [0.05, 0.1) is 11.6 Å². The van der Waals surface area contributed by atoms with Gasteiger partial charge in [0.1, 0.15) is 11.4 Å². The highest BCUT2D eigenvalue weighted by Crippen LogP contribution is 2.23. The van der Waals surface area contributed by atoms with E-state index in [1.807, 2.05) is 12.1 Å². The standard InChI is InChI=1S/C14H19N3O/c1-17-7-2-3-11(10-17)9-16-14-12-5-8-18-13(12)4-6-15-14/h4-6,8,11H,2-3,7,9-10H2,1H3,(H,15,16). The van der Waals surface area contributed by atoms with Crippen LogP contribution in [0.4, 0.5) is 5.82 Å². The monoisotopic (exact) mass is 245 g/mol. The van der Waals surface area contributed by atoms with Crippen LogP contribution in [0.5, 0.6) is 0 Å². The van der Waals surface area contributed by atoms with E-state index in [2.05, 4.69) is 22.2 Å². The van der Waals surface area contributed by atoms with Crippen LogP contribution in [0.1, 0.15) is 12.8 Å². The maximum atomic E-state index is 5.38. The Bertz CT molecular complexity index is 522. The second-order valence-electron chi connectivity index (χ2n) is 5.14. The van der Waals surface area contributed by atoms with E-state index in [1.54, 1.807) is 12.5 Å². The first-order chi connectivity index (χ1) is 8.83. The summed E-state index contributed by atoms with van der Waals surface area (Å²) >= 11 is 0. The van der Waals surface area contributed by atoms with Crippen molar-refractivity contribution in [2.75, 3.05) is 32.0 Å². The number of aromatic nitrogens is 1. The fourth-order valence-electron chi connectivity index (χ4n) is 2.72. The number of hydrogen-bond donors (Lipinski definition) is 1. The predicted molar refractivity (Wildman–Crippen MR) is 72.7 cm³/mol. The molecule has 96 valence electrons. The summed E-state index contributed by atoms with van der Waals surface area (Å²) < 4.78 is 5.38. The Hall–Kier alpha value is -1.55. The maximum Gasteiger partial charge on any atom is 0.139 e. The molecule has 1 aliphatic heterocycles. The van der Waals surface area contributed by atoms with E-state index < -0.39 is 0 Å². The SMILES string of the molecule is CN1CCCC(CNc2nccc3occc23)C1. The van der Waals surface area contributed by atoms with Gasteiger partial charge in [-0.2, -0.15) is 0 Å². The van der Waals surface area contributed by atoms with E-state index in [9.17, 15) is 0 Å². The molecule has 1 unspecified atom stereocenters. The van der Waals surface area contributed by atoms with Gasteiger partial charge in [0, 0.05) is 19.3 Å². The first-order valence-electron chi connectivity index (χ1n) is 6.57. The lowest BCUT2D eigenvalue weighted by atomic mass is 9.98. The summed E-state index contributed by atoms with van der Waals surface area (Å²) in [5.74, 6) is 1.65. The molecule has 0 saturated carbocycles. The van der Waals surface area contributed by atoms with Gasteiger partial charge < -0.3 is 14.6 Å². The lowest BCUT2D eigenvalue weighted by molar-refractivity contribution is 0.217. The number of anilines is 1. The summed E-state index contributed by atoms with van der Waals surface area (Å²) in [5.41, 5.74) is 0.897. The Kier molecular flexibility index (Phi) is 3.19. The van der Waals surface area contributed by atoms with Crippen LogP contribution < -0.4 is 5.32 Å². The van der Waals surface area contributed by atoms with E-state index in [0.29, 0.717) is 5.92 Å². The van der Waals surface area contributed by atoms with Gasteiger partial charge in [0.15, 0.2) is 0 Å². The second kappa shape index (κ2) is 4.98. The van der Waals surface area contributed by atoms with Crippen LogP contribution in [0.2, 0.25) is 0 Å². The lowest BCUT2D eigenvalue weighted by Gasteiger charge is -2.29. The predicted octanol–water partition coefficient (Wildman–Crippen LogP) is 2.58. The molecule has 2 aromatic rings. The average Bonchev–Trinajstić information content (AvgIpc) is 2.85. The van der Waals surface area contributed by atoms with Crippen molar-refractivity contribution >= 4 is 16.8 Å². The van der Waals surface area contributed by atoms with Crippen molar-refractivity contribution in [1.29, 1.82) is 0 Å². The van der Waals surface area contributed by atoms with Crippen LogP contribution in [0, 0.1) is 5.92 Å². The second-order valence-corrected chi connectivity index (χ2v) is 5.14. The zero-order chi connectivity index (χ0) is 12.4. The highest BCUT2D eigenvalue weighted by Gasteiger charge is 2.17. The summed E-state index contributed by atoms with van der Waals surface area (Å²) in [6.45, 7) is 3.39. The van der Waals surface area contributed by atoms with Crippen molar-refractivity contribution in [3.05, 3.63) is 24.6 Å². The number of pyridine rings is 1. The molecule has 1 atom stereocenters. The van der Waals surface area contributed by atoms with Crippen LogP contribution >= 0.6 is 0 Å². The molecule has 0 aromatic carbocycles. The van der Waals surface area contributed by atoms with Gasteiger partial charge in [-0.25, -0.2) is 4.98 Å².